The van der Waals surface area contributed by atoms with Crippen LogP contribution in [-0.4, -0.2) is 32.8 Å². The van der Waals surface area contributed by atoms with E-state index < -0.39 is 17.1 Å². The van der Waals surface area contributed by atoms with Crippen LogP contribution in [0.15, 0.2) is 30.6 Å². The molecular formula is C14H14Cl2N6O3. The van der Waals surface area contributed by atoms with Crippen molar-refractivity contribution in [3.8, 4) is 0 Å². The van der Waals surface area contributed by atoms with Gasteiger partial charge in [-0.15, -0.1) is 0 Å². The highest BCUT2D eigenvalue weighted by Gasteiger charge is 2.36. The number of hydrogen-bond acceptors (Lipinski definition) is 6. The van der Waals surface area contributed by atoms with Gasteiger partial charge in [0.1, 0.15) is 6.04 Å². The fourth-order valence-electron chi connectivity index (χ4n) is 2.44. The first kappa shape index (κ1) is 17.6. The third-order valence-corrected chi connectivity index (χ3v) is 4.58. The maximum Gasteiger partial charge on any atom is 0.280 e. The molecule has 3 rings (SSSR count). The maximum atomic E-state index is 12.1. The lowest BCUT2D eigenvalue weighted by Crippen LogP contribution is -2.41. The van der Waals surface area contributed by atoms with Gasteiger partial charge in [0.05, 0.1) is 34.9 Å². The Hall–Kier alpha value is -2.20. The quantitative estimate of drug-likeness (QED) is 0.533. The number of aromatic nitrogens is 2. The summed E-state index contributed by atoms with van der Waals surface area (Å²) in [6.07, 6.45) is 2.21. The number of nitrogens with zero attached hydrogens (tertiary/aromatic N) is 3. The normalized spacial score (nSPS) is 19.8. The van der Waals surface area contributed by atoms with Crippen LogP contribution in [0.5, 0.6) is 0 Å². The smallest absolute Gasteiger partial charge is 0.280 e. The van der Waals surface area contributed by atoms with Gasteiger partial charge in [-0.25, -0.2) is 5.43 Å². The third kappa shape index (κ3) is 4.07. The van der Waals surface area contributed by atoms with Crippen LogP contribution >= 0.6 is 23.2 Å². The monoisotopic (exact) mass is 384 g/mol. The van der Waals surface area contributed by atoms with Crippen molar-refractivity contribution in [1.29, 1.82) is 0 Å². The molecule has 0 saturated carbocycles. The van der Waals surface area contributed by atoms with Crippen LogP contribution in [0.1, 0.15) is 12.0 Å². The molecule has 2 atom stereocenters. The van der Waals surface area contributed by atoms with Crippen molar-refractivity contribution in [2.45, 2.75) is 25.2 Å². The highest BCUT2D eigenvalue weighted by atomic mass is 35.5. The lowest BCUT2D eigenvalue weighted by Gasteiger charge is -2.08. The average Bonchev–Trinajstić information content (AvgIpc) is 3.21. The number of carbonyl (C=O) groups is 1. The second-order valence-corrected chi connectivity index (χ2v) is 6.29. The number of rotatable bonds is 5. The molecule has 9 nitrogen and oxygen atoms in total. The number of benzene rings is 1. The number of nitrogens with one attached hydrogen (secondary N) is 3. The Labute approximate surface area is 152 Å². The summed E-state index contributed by atoms with van der Waals surface area (Å²) < 4.78 is 1.60. The zero-order chi connectivity index (χ0) is 18.0. The maximum absolute atomic E-state index is 12.1. The predicted molar refractivity (Wildman–Crippen MR) is 91.9 cm³/mol. The van der Waals surface area contributed by atoms with E-state index >= 15 is 0 Å². The van der Waals surface area contributed by atoms with Gasteiger partial charge in [-0.1, -0.05) is 35.3 Å². The van der Waals surface area contributed by atoms with Crippen LogP contribution in [0.4, 0.5) is 5.69 Å². The number of anilines is 1. The van der Waals surface area contributed by atoms with Crippen molar-refractivity contribution in [3.05, 3.63) is 56.3 Å². The second kappa shape index (κ2) is 7.36. The number of hydrogen-bond donors (Lipinski definition) is 3. The van der Waals surface area contributed by atoms with Crippen molar-refractivity contribution in [1.82, 2.24) is 20.6 Å². The van der Waals surface area contributed by atoms with Gasteiger partial charge in [0.25, 0.3) is 6.17 Å². The molecule has 1 aromatic carbocycles. The highest BCUT2D eigenvalue weighted by molar-refractivity contribution is 6.42. The largest absolute Gasteiger partial charge is 0.322 e. The van der Waals surface area contributed by atoms with Crippen molar-refractivity contribution < 1.29 is 9.72 Å². The SMILES string of the molecule is O=C(Nc1cnn(Cc2cccc(Cl)c2Cl)c1)C1CC([N+](=O)[O-])NN1. The van der Waals surface area contributed by atoms with Crippen LogP contribution in [-0.2, 0) is 11.3 Å². The summed E-state index contributed by atoms with van der Waals surface area (Å²) in [6, 6.07) is 4.63. The van der Waals surface area contributed by atoms with Gasteiger partial charge in [-0.05, 0) is 11.6 Å². The van der Waals surface area contributed by atoms with Gasteiger partial charge in [-0.2, -0.15) is 10.5 Å². The van der Waals surface area contributed by atoms with Crippen LogP contribution in [0.2, 0.25) is 10.0 Å². The molecule has 25 heavy (non-hydrogen) atoms. The van der Waals surface area contributed by atoms with Crippen LogP contribution < -0.4 is 16.2 Å². The molecule has 0 bridgehead atoms. The molecule has 132 valence electrons. The number of halogens is 2. The summed E-state index contributed by atoms with van der Waals surface area (Å²) in [5.74, 6) is -0.378. The van der Waals surface area contributed by atoms with E-state index in [0.717, 1.165) is 5.56 Å². The molecule has 1 aromatic heterocycles. The molecule has 0 radical (unpaired) electrons. The molecule has 1 saturated heterocycles. The lowest BCUT2D eigenvalue weighted by atomic mass is 10.2. The summed E-state index contributed by atoms with van der Waals surface area (Å²) >= 11 is 12.1. The van der Waals surface area contributed by atoms with E-state index in [0.29, 0.717) is 22.3 Å². The standard InChI is InChI=1S/C14H14Cl2N6O3/c15-10-3-1-2-8(13(10)16)6-21-7-9(5-17-21)18-14(23)11-4-12(20-19-11)22(24)25/h1-3,5,7,11-12,19-20H,4,6H2,(H,18,23). The molecule has 1 amide bonds. The number of nitro groups is 1. The molecule has 0 spiro atoms. The first-order valence-corrected chi connectivity index (χ1v) is 8.10. The zero-order valence-corrected chi connectivity index (χ0v) is 14.3. The Kier molecular flexibility index (Phi) is 5.19. The number of carbonyl (C=O) groups excluding carboxylic acids is 1. The second-order valence-electron chi connectivity index (χ2n) is 5.51. The first-order chi connectivity index (χ1) is 11.9. The minimum absolute atomic E-state index is 0.0606. The van der Waals surface area contributed by atoms with E-state index in [4.69, 9.17) is 23.2 Å². The summed E-state index contributed by atoms with van der Waals surface area (Å²) in [7, 11) is 0. The number of amides is 1. The van der Waals surface area contributed by atoms with Crippen molar-refractivity contribution in [2.24, 2.45) is 0 Å². The van der Waals surface area contributed by atoms with E-state index in [2.05, 4.69) is 21.3 Å². The fraction of sp³-hybridized carbons (Fsp3) is 0.286. The summed E-state index contributed by atoms with van der Waals surface area (Å²) in [6.45, 7) is 0.391. The van der Waals surface area contributed by atoms with E-state index in [1.54, 1.807) is 23.0 Å². The summed E-state index contributed by atoms with van der Waals surface area (Å²) in [4.78, 5) is 22.4. The molecule has 1 fully saturated rings. The Morgan fingerprint density at radius 3 is 2.96 bits per heavy atom. The van der Waals surface area contributed by atoms with Crippen LogP contribution in [0.25, 0.3) is 0 Å². The van der Waals surface area contributed by atoms with Gasteiger partial charge in [0.15, 0.2) is 0 Å². The fourth-order valence-corrected chi connectivity index (χ4v) is 2.82. The lowest BCUT2D eigenvalue weighted by molar-refractivity contribution is -0.526. The zero-order valence-electron chi connectivity index (χ0n) is 12.8. The molecule has 2 aromatic rings. The molecule has 1 aliphatic rings. The summed E-state index contributed by atoms with van der Waals surface area (Å²) in [5.41, 5.74) is 6.35. The average molecular weight is 385 g/mol. The van der Waals surface area contributed by atoms with E-state index in [9.17, 15) is 14.9 Å². The Bertz CT molecular complexity index is 812. The van der Waals surface area contributed by atoms with Gasteiger partial charge < -0.3 is 5.32 Å². The van der Waals surface area contributed by atoms with Gasteiger partial charge in [0.2, 0.25) is 5.91 Å². The molecule has 2 unspecified atom stereocenters. The minimum Gasteiger partial charge on any atom is -0.322 e. The Morgan fingerprint density at radius 2 is 2.24 bits per heavy atom. The first-order valence-electron chi connectivity index (χ1n) is 7.35. The van der Waals surface area contributed by atoms with E-state index in [-0.39, 0.29) is 12.3 Å². The molecular weight excluding hydrogens is 371 g/mol. The topological polar surface area (TPSA) is 114 Å². The van der Waals surface area contributed by atoms with Gasteiger partial charge in [0, 0.05) is 11.1 Å². The highest BCUT2D eigenvalue weighted by Crippen LogP contribution is 2.26. The molecule has 2 heterocycles. The van der Waals surface area contributed by atoms with Crippen molar-refractivity contribution >= 4 is 34.8 Å². The predicted octanol–water partition coefficient (Wildman–Crippen LogP) is 1.65. The van der Waals surface area contributed by atoms with Crippen molar-refractivity contribution in [3.63, 3.8) is 0 Å². The van der Waals surface area contributed by atoms with Gasteiger partial charge in [-0.3, -0.25) is 19.6 Å². The Morgan fingerprint density at radius 1 is 1.44 bits per heavy atom. The minimum atomic E-state index is -0.983. The molecule has 0 aliphatic carbocycles. The van der Waals surface area contributed by atoms with Crippen LogP contribution in [0, 0.1) is 10.1 Å². The van der Waals surface area contributed by atoms with E-state index in [1.807, 2.05) is 6.07 Å². The molecule has 3 N–H and O–H groups in total. The Balaban J connectivity index is 1.61. The van der Waals surface area contributed by atoms with Crippen molar-refractivity contribution in [2.75, 3.05) is 5.32 Å². The summed E-state index contributed by atoms with van der Waals surface area (Å²) in [5, 5.41) is 18.4. The molecule has 11 heteroatoms. The molecule has 1 aliphatic heterocycles. The van der Waals surface area contributed by atoms with Crippen LogP contribution in [0.3, 0.4) is 0 Å². The third-order valence-electron chi connectivity index (χ3n) is 3.72. The van der Waals surface area contributed by atoms with E-state index in [1.165, 1.54) is 6.20 Å². The number of hydrazine groups is 1. The van der Waals surface area contributed by atoms with Gasteiger partial charge >= 0.3 is 0 Å².